The molecule has 4 heteroatoms. The van der Waals surface area contributed by atoms with Crippen molar-refractivity contribution in [1.29, 1.82) is 0 Å². The zero-order chi connectivity index (χ0) is 19.5. The van der Waals surface area contributed by atoms with Crippen LogP contribution >= 0.6 is 0 Å². The van der Waals surface area contributed by atoms with Crippen LogP contribution < -0.4 is 0 Å². The maximum atomic E-state index is 11.9. The maximum Gasteiger partial charge on any atom is 0.303 e. The van der Waals surface area contributed by atoms with Crippen LogP contribution in [0, 0.1) is 22.7 Å². The summed E-state index contributed by atoms with van der Waals surface area (Å²) in [6.07, 6.45) is 5.66. The topological polar surface area (TPSA) is 55.8 Å². The van der Waals surface area contributed by atoms with Gasteiger partial charge in [0, 0.05) is 19.3 Å². The number of fused-ring (bicyclic) bond motifs is 3. The Balaban J connectivity index is 2.11. The second-order valence-corrected chi connectivity index (χ2v) is 10.3. The number of aliphatic hydroxyl groups excluding tert-OH is 1. The van der Waals surface area contributed by atoms with E-state index in [9.17, 15) is 9.90 Å². The van der Waals surface area contributed by atoms with Gasteiger partial charge >= 0.3 is 5.97 Å². The smallest absolute Gasteiger partial charge is 0.303 e. The molecule has 26 heavy (non-hydrogen) atoms. The highest BCUT2D eigenvalue weighted by Crippen LogP contribution is 2.66. The van der Waals surface area contributed by atoms with Gasteiger partial charge < -0.3 is 14.6 Å². The third-order valence-electron chi connectivity index (χ3n) is 7.89. The number of hydrogen-bond acceptors (Lipinski definition) is 4. The van der Waals surface area contributed by atoms with Gasteiger partial charge in [0.1, 0.15) is 11.7 Å². The molecule has 0 aromatic rings. The molecule has 0 aromatic heterocycles. The van der Waals surface area contributed by atoms with Crippen molar-refractivity contribution in [2.24, 2.45) is 22.7 Å². The molecule has 1 N–H and O–H groups in total. The number of rotatable bonds is 2. The summed E-state index contributed by atoms with van der Waals surface area (Å²) in [5.74, 6) is 0.0411. The summed E-state index contributed by atoms with van der Waals surface area (Å²) >= 11 is 0. The fraction of sp³-hybridized carbons (Fsp3) is 0.864. The van der Waals surface area contributed by atoms with E-state index in [1.807, 2.05) is 13.8 Å². The number of carbonyl (C=O) groups is 1. The first kappa shape index (κ1) is 19.9. The summed E-state index contributed by atoms with van der Waals surface area (Å²) in [4.78, 5) is 11.9. The van der Waals surface area contributed by atoms with Gasteiger partial charge in [-0.2, -0.15) is 0 Å². The lowest BCUT2D eigenvalue weighted by Gasteiger charge is -2.67. The molecule has 148 valence electrons. The minimum atomic E-state index is -0.717. The average Bonchev–Trinajstić information content (AvgIpc) is 2.47. The number of aliphatic hydroxyl groups is 1. The van der Waals surface area contributed by atoms with Crippen LogP contribution in [0.1, 0.15) is 73.6 Å². The molecule has 2 saturated carbocycles. The second kappa shape index (κ2) is 6.07. The van der Waals surface area contributed by atoms with Gasteiger partial charge in [0.15, 0.2) is 0 Å². The molecule has 0 aromatic carbocycles. The standard InChI is InChI=1S/C22H36O4/c1-8-20(5)13-15(24)18-21(6)11-9-10-19(3,4)16(21)12-17(25-14(2)23)22(18,7)26-20/h8,15-18,24H,1,9-13H2,2-7H3/t15-,16+,17+,18-,20+,21+,22-/m1/s1. The molecule has 2 aliphatic carbocycles. The van der Waals surface area contributed by atoms with E-state index < -0.39 is 17.3 Å². The van der Waals surface area contributed by atoms with E-state index in [0.717, 1.165) is 19.3 Å². The van der Waals surface area contributed by atoms with Crippen LogP contribution in [-0.2, 0) is 14.3 Å². The summed E-state index contributed by atoms with van der Waals surface area (Å²) in [5.41, 5.74) is -1.21. The van der Waals surface area contributed by atoms with Crippen LogP contribution in [-0.4, -0.2) is 34.5 Å². The largest absolute Gasteiger partial charge is 0.459 e. The fourth-order valence-corrected chi connectivity index (χ4v) is 6.95. The first-order valence-corrected chi connectivity index (χ1v) is 10.1. The van der Waals surface area contributed by atoms with Crippen LogP contribution in [0.25, 0.3) is 0 Å². The van der Waals surface area contributed by atoms with Gasteiger partial charge in [-0.3, -0.25) is 4.79 Å². The lowest BCUT2D eigenvalue weighted by Crippen LogP contribution is -2.72. The molecule has 0 bridgehead atoms. The normalized spacial score (nSPS) is 50.3. The predicted molar refractivity (Wildman–Crippen MR) is 102 cm³/mol. The van der Waals surface area contributed by atoms with Crippen molar-refractivity contribution in [3.63, 3.8) is 0 Å². The molecule has 0 unspecified atom stereocenters. The lowest BCUT2D eigenvalue weighted by atomic mass is 9.43. The van der Waals surface area contributed by atoms with Gasteiger partial charge in [0.05, 0.1) is 11.7 Å². The van der Waals surface area contributed by atoms with E-state index in [0.29, 0.717) is 12.3 Å². The quantitative estimate of drug-likeness (QED) is 0.588. The van der Waals surface area contributed by atoms with E-state index in [1.165, 1.54) is 13.3 Å². The summed E-state index contributed by atoms with van der Waals surface area (Å²) in [6, 6.07) is 0. The molecule has 1 saturated heterocycles. The van der Waals surface area contributed by atoms with Crippen molar-refractivity contribution in [2.75, 3.05) is 0 Å². The molecule has 0 radical (unpaired) electrons. The summed E-state index contributed by atoms with van der Waals surface area (Å²) < 4.78 is 12.5. The van der Waals surface area contributed by atoms with Gasteiger partial charge in [-0.15, -0.1) is 6.58 Å². The Kier molecular flexibility index (Phi) is 4.64. The molecule has 1 aliphatic heterocycles. The van der Waals surface area contributed by atoms with E-state index in [4.69, 9.17) is 9.47 Å². The lowest BCUT2D eigenvalue weighted by molar-refractivity contribution is -0.317. The highest BCUT2D eigenvalue weighted by molar-refractivity contribution is 5.66. The Morgan fingerprint density at radius 3 is 2.46 bits per heavy atom. The van der Waals surface area contributed by atoms with Crippen molar-refractivity contribution in [3.8, 4) is 0 Å². The summed E-state index contributed by atoms with van der Waals surface area (Å²) in [5, 5.41) is 11.3. The molecule has 3 rings (SSSR count). The minimum absolute atomic E-state index is 0.0327. The number of esters is 1. The van der Waals surface area contributed by atoms with Crippen LogP contribution in [0.5, 0.6) is 0 Å². The molecule has 3 aliphatic rings. The number of carbonyl (C=O) groups excluding carboxylic acids is 1. The van der Waals surface area contributed by atoms with Crippen molar-refractivity contribution in [2.45, 2.75) is 97.1 Å². The molecule has 0 spiro atoms. The predicted octanol–water partition coefficient (Wildman–Crippen LogP) is 4.26. The fourth-order valence-electron chi connectivity index (χ4n) is 6.95. The molecular weight excluding hydrogens is 328 g/mol. The van der Waals surface area contributed by atoms with Crippen LogP contribution in [0.4, 0.5) is 0 Å². The third kappa shape index (κ3) is 2.84. The Morgan fingerprint density at radius 1 is 1.23 bits per heavy atom. The highest BCUT2D eigenvalue weighted by atomic mass is 16.6. The zero-order valence-electron chi connectivity index (χ0n) is 17.3. The molecule has 1 heterocycles. The zero-order valence-corrected chi connectivity index (χ0v) is 17.3. The van der Waals surface area contributed by atoms with Crippen LogP contribution in [0.15, 0.2) is 12.7 Å². The molecule has 4 nitrogen and oxygen atoms in total. The first-order valence-electron chi connectivity index (χ1n) is 10.1. The SMILES string of the molecule is C=C[C@@]1(C)C[C@@H](O)[C@@H]2[C@@]3(C)CCCC(C)(C)[C@@H]3C[C@H](OC(C)=O)[C@@]2(C)O1. The van der Waals surface area contributed by atoms with Gasteiger partial charge in [-0.05, 0) is 49.9 Å². The molecule has 7 atom stereocenters. The average molecular weight is 365 g/mol. The molecular formula is C22H36O4. The highest BCUT2D eigenvalue weighted by Gasteiger charge is 2.68. The van der Waals surface area contributed by atoms with Gasteiger partial charge in [-0.1, -0.05) is 33.3 Å². The number of hydrogen-bond donors (Lipinski definition) is 1. The Morgan fingerprint density at radius 2 is 1.88 bits per heavy atom. The Hall–Kier alpha value is -0.870. The van der Waals surface area contributed by atoms with Crippen LogP contribution in [0.2, 0.25) is 0 Å². The third-order valence-corrected chi connectivity index (χ3v) is 7.89. The van der Waals surface area contributed by atoms with Gasteiger partial charge in [0.25, 0.3) is 0 Å². The second-order valence-electron chi connectivity index (χ2n) is 10.3. The van der Waals surface area contributed by atoms with E-state index in [2.05, 4.69) is 27.4 Å². The number of ether oxygens (including phenoxy) is 2. The van der Waals surface area contributed by atoms with Crippen molar-refractivity contribution >= 4 is 5.97 Å². The monoisotopic (exact) mass is 364 g/mol. The van der Waals surface area contributed by atoms with Crippen molar-refractivity contribution < 1.29 is 19.4 Å². The van der Waals surface area contributed by atoms with Gasteiger partial charge in [-0.25, -0.2) is 0 Å². The Bertz CT molecular complexity index is 599. The Labute approximate surface area is 158 Å². The van der Waals surface area contributed by atoms with E-state index >= 15 is 0 Å². The van der Waals surface area contributed by atoms with E-state index in [-0.39, 0.29) is 28.8 Å². The van der Waals surface area contributed by atoms with Crippen LogP contribution in [0.3, 0.4) is 0 Å². The molecule has 0 amide bonds. The van der Waals surface area contributed by atoms with Gasteiger partial charge in [0.2, 0.25) is 0 Å². The molecule has 3 fully saturated rings. The summed E-state index contributed by atoms with van der Waals surface area (Å²) in [7, 11) is 0. The maximum absolute atomic E-state index is 11.9. The first-order chi connectivity index (χ1) is 11.9. The summed E-state index contributed by atoms with van der Waals surface area (Å²) in [6.45, 7) is 16.4. The van der Waals surface area contributed by atoms with Crippen molar-refractivity contribution in [1.82, 2.24) is 0 Å². The van der Waals surface area contributed by atoms with Crippen molar-refractivity contribution in [3.05, 3.63) is 12.7 Å². The minimum Gasteiger partial charge on any atom is -0.459 e. The van der Waals surface area contributed by atoms with E-state index in [1.54, 1.807) is 6.08 Å².